The Kier molecular flexibility index (Phi) is 6.80. The summed E-state index contributed by atoms with van der Waals surface area (Å²) in [6.45, 7) is 5.76. The molecular weight excluding hydrogens is 332 g/mol. The molecule has 0 amide bonds. The third kappa shape index (κ3) is 5.16. The van der Waals surface area contributed by atoms with E-state index in [1.165, 1.54) is 18.4 Å². The van der Waals surface area contributed by atoms with Crippen molar-refractivity contribution in [2.45, 2.75) is 39.2 Å². The number of nitrogens with one attached hydrogen (secondary N) is 2. The topological polar surface area (TPSA) is 59.6 Å². The summed E-state index contributed by atoms with van der Waals surface area (Å²) in [6.07, 6.45) is 3.21. The van der Waals surface area contributed by atoms with Crippen molar-refractivity contribution in [3.63, 3.8) is 0 Å². The number of rotatable bonds is 6. The molecule has 0 bridgehead atoms. The summed E-state index contributed by atoms with van der Waals surface area (Å²) in [5, 5.41) is 9.52. The number of anilines is 1. The fraction of sp³-hybridized carbons (Fsp3) is 0.625. The molecule has 1 aromatic heterocycles. The molecule has 23 heavy (non-hydrogen) atoms. The van der Waals surface area contributed by atoms with Gasteiger partial charge in [0, 0.05) is 13.2 Å². The second kappa shape index (κ2) is 8.61. The molecule has 2 rings (SSSR count). The molecule has 5 nitrogen and oxygen atoms in total. The van der Waals surface area contributed by atoms with Crippen molar-refractivity contribution in [3.05, 3.63) is 16.5 Å². The molecule has 0 radical (unpaired) electrons. The molecule has 1 atom stereocenters. The highest BCUT2D eigenvalue weighted by Crippen LogP contribution is 2.30. The lowest BCUT2D eigenvalue weighted by Gasteiger charge is -2.14. The van der Waals surface area contributed by atoms with Gasteiger partial charge in [0.25, 0.3) is 0 Å². The Labute approximate surface area is 146 Å². The summed E-state index contributed by atoms with van der Waals surface area (Å²) in [4.78, 5) is 12.1. The zero-order valence-electron chi connectivity index (χ0n) is 13.8. The minimum absolute atomic E-state index is 0.217. The SMILES string of the molecule is COC(=O)c1c(CC(C)C)csc1NC(=S)NC[C@H]1CCCO1. The molecular formula is C16H24N2O3S2. The van der Waals surface area contributed by atoms with Crippen LogP contribution in [0.3, 0.4) is 0 Å². The van der Waals surface area contributed by atoms with Gasteiger partial charge in [0.2, 0.25) is 0 Å². The van der Waals surface area contributed by atoms with Gasteiger partial charge in [0.05, 0.1) is 18.8 Å². The van der Waals surface area contributed by atoms with Gasteiger partial charge in [-0.15, -0.1) is 11.3 Å². The van der Waals surface area contributed by atoms with Gasteiger partial charge >= 0.3 is 5.97 Å². The van der Waals surface area contributed by atoms with Crippen LogP contribution < -0.4 is 10.6 Å². The van der Waals surface area contributed by atoms with Gasteiger partial charge in [-0.3, -0.25) is 0 Å². The van der Waals surface area contributed by atoms with Gasteiger partial charge < -0.3 is 20.1 Å². The van der Waals surface area contributed by atoms with Gasteiger partial charge in [-0.05, 0) is 48.3 Å². The molecule has 7 heteroatoms. The van der Waals surface area contributed by atoms with Crippen molar-refractivity contribution >= 4 is 39.6 Å². The average molecular weight is 357 g/mol. The van der Waals surface area contributed by atoms with Crippen LogP contribution in [-0.2, 0) is 15.9 Å². The molecule has 0 aliphatic carbocycles. The molecule has 1 saturated heterocycles. The van der Waals surface area contributed by atoms with E-state index in [4.69, 9.17) is 21.7 Å². The van der Waals surface area contributed by atoms with Gasteiger partial charge in [0.15, 0.2) is 5.11 Å². The van der Waals surface area contributed by atoms with Crippen LogP contribution in [0.4, 0.5) is 5.00 Å². The van der Waals surface area contributed by atoms with Gasteiger partial charge in [-0.2, -0.15) is 0 Å². The Morgan fingerprint density at radius 2 is 2.35 bits per heavy atom. The highest BCUT2D eigenvalue weighted by Gasteiger charge is 2.21. The number of hydrogen-bond donors (Lipinski definition) is 2. The van der Waals surface area contributed by atoms with Gasteiger partial charge in [-0.25, -0.2) is 4.79 Å². The first kappa shape index (κ1) is 18.2. The predicted octanol–water partition coefficient (Wildman–Crippen LogP) is 3.20. The number of carbonyl (C=O) groups excluding carboxylic acids is 1. The first-order valence-corrected chi connectivity index (χ1v) is 9.15. The maximum Gasteiger partial charge on any atom is 0.341 e. The molecule has 0 unspecified atom stereocenters. The number of thiophene rings is 1. The van der Waals surface area contributed by atoms with Gasteiger partial charge in [-0.1, -0.05) is 13.8 Å². The van der Waals surface area contributed by atoms with E-state index in [1.807, 2.05) is 5.38 Å². The smallest absolute Gasteiger partial charge is 0.341 e. The molecule has 1 aromatic rings. The predicted molar refractivity (Wildman–Crippen MR) is 97.4 cm³/mol. The molecule has 1 aliphatic rings. The van der Waals surface area contributed by atoms with Crippen LogP contribution in [0, 0.1) is 5.92 Å². The number of hydrogen-bond acceptors (Lipinski definition) is 5. The van der Waals surface area contributed by atoms with Crippen molar-refractivity contribution in [2.75, 3.05) is 25.6 Å². The first-order chi connectivity index (χ1) is 11.0. The Bertz CT molecular complexity index is 552. The van der Waals surface area contributed by atoms with E-state index in [1.54, 1.807) is 0 Å². The first-order valence-electron chi connectivity index (χ1n) is 7.86. The molecule has 0 saturated carbocycles. The van der Waals surface area contributed by atoms with Crippen LogP contribution in [-0.4, -0.2) is 37.4 Å². The molecule has 1 aliphatic heterocycles. The lowest BCUT2D eigenvalue weighted by molar-refractivity contribution is 0.0601. The Morgan fingerprint density at radius 1 is 1.57 bits per heavy atom. The molecule has 2 heterocycles. The maximum atomic E-state index is 12.1. The van der Waals surface area contributed by atoms with E-state index in [0.717, 1.165) is 36.4 Å². The normalized spacial score (nSPS) is 17.3. The second-order valence-corrected chi connectivity index (χ2v) is 7.31. The number of thiocarbonyl (C=S) groups is 1. The number of methoxy groups -OCH3 is 1. The highest BCUT2D eigenvalue weighted by molar-refractivity contribution is 7.80. The number of carbonyl (C=O) groups is 1. The van der Waals surface area contributed by atoms with Crippen LogP contribution in [0.5, 0.6) is 0 Å². The minimum Gasteiger partial charge on any atom is -0.465 e. The van der Waals surface area contributed by atoms with E-state index >= 15 is 0 Å². The van der Waals surface area contributed by atoms with Crippen LogP contribution in [0.2, 0.25) is 0 Å². The molecule has 2 N–H and O–H groups in total. The zero-order valence-corrected chi connectivity index (χ0v) is 15.4. The maximum absolute atomic E-state index is 12.1. The minimum atomic E-state index is -0.327. The third-order valence-electron chi connectivity index (χ3n) is 3.63. The van der Waals surface area contributed by atoms with Crippen LogP contribution >= 0.6 is 23.6 Å². The largest absolute Gasteiger partial charge is 0.465 e. The number of esters is 1. The lowest BCUT2D eigenvalue weighted by atomic mass is 10.0. The average Bonchev–Trinajstić information content (AvgIpc) is 3.14. The van der Waals surface area contributed by atoms with Crippen molar-refractivity contribution in [1.29, 1.82) is 0 Å². The summed E-state index contributed by atoms with van der Waals surface area (Å²) in [5.41, 5.74) is 1.59. The van der Waals surface area contributed by atoms with E-state index in [9.17, 15) is 4.79 Å². The monoisotopic (exact) mass is 356 g/mol. The van der Waals surface area contributed by atoms with Crippen LogP contribution in [0.25, 0.3) is 0 Å². The van der Waals surface area contributed by atoms with E-state index in [0.29, 0.717) is 23.1 Å². The van der Waals surface area contributed by atoms with Crippen molar-refractivity contribution < 1.29 is 14.3 Å². The highest BCUT2D eigenvalue weighted by atomic mass is 32.1. The van der Waals surface area contributed by atoms with Gasteiger partial charge in [0.1, 0.15) is 5.00 Å². The zero-order chi connectivity index (χ0) is 16.8. The quantitative estimate of drug-likeness (QED) is 0.603. The lowest BCUT2D eigenvalue weighted by Crippen LogP contribution is -2.35. The molecule has 128 valence electrons. The summed E-state index contributed by atoms with van der Waals surface area (Å²) in [7, 11) is 1.40. The Hall–Kier alpha value is -1.18. The van der Waals surface area contributed by atoms with E-state index in [2.05, 4.69) is 24.5 Å². The molecule has 0 aromatic carbocycles. The fourth-order valence-electron chi connectivity index (χ4n) is 2.56. The summed E-state index contributed by atoms with van der Waals surface area (Å²) >= 11 is 6.80. The van der Waals surface area contributed by atoms with E-state index in [-0.39, 0.29) is 12.1 Å². The van der Waals surface area contributed by atoms with Crippen LogP contribution in [0.15, 0.2) is 5.38 Å². The molecule has 1 fully saturated rings. The summed E-state index contributed by atoms with van der Waals surface area (Å²) in [6, 6.07) is 0. The third-order valence-corrected chi connectivity index (χ3v) is 4.82. The van der Waals surface area contributed by atoms with Crippen molar-refractivity contribution in [2.24, 2.45) is 5.92 Å². The Balaban J connectivity index is 2.01. The van der Waals surface area contributed by atoms with Crippen molar-refractivity contribution in [1.82, 2.24) is 5.32 Å². The standard InChI is InChI=1S/C16H24N2O3S2/c1-10(2)7-11-9-23-14(13(11)15(19)20-3)18-16(22)17-8-12-5-4-6-21-12/h9-10,12H,4-8H2,1-3H3,(H2,17,18,22)/t12-/m1/s1. The second-order valence-electron chi connectivity index (χ2n) is 6.02. The summed E-state index contributed by atoms with van der Waals surface area (Å²) in [5.74, 6) is 0.136. The van der Waals surface area contributed by atoms with E-state index < -0.39 is 0 Å². The summed E-state index contributed by atoms with van der Waals surface area (Å²) < 4.78 is 10.5. The number of ether oxygens (including phenoxy) is 2. The fourth-order valence-corrected chi connectivity index (χ4v) is 3.78. The molecule has 0 spiro atoms. The van der Waals surface area contributed by atoms with Crippen LogP contribution in [0.1, 0.15) is 42.6 Å². The Morgan fingerprint density at radius 3 is 2.96 bits per heavy atom. The van der Waals surface area contributed by atoms with Crippen molar-refractivity contribution in [3.8, 4) is 0 Å².